The van der Waals surface area contributed by atoms with E-state index in [1.54, 1.807) is 24.3 Å². The molecule has 32 heavy (non-hydrogen) atoms. The van der Waals surface area contributed by atoms with Crippen LogP contribution in [0.3, 0.4) is 0 Å². The maximum absolute atomic E-state index is 12.8. The van der Waals surface area contributed by atoms with Crippen LogP contribution in [0.2, 0.25) is 0 Å². The zero-order valence-electron chi connectivity index (χ0n) is 17.5. The molecule has 1 heterocycles. The highest BCUT2D eigenvalue weighted by atomic mass is 79.9. The number of rotatable bonds is 8. The summed E-state index contributed by atoms with van der Waals surface area (Å²) < 4.78 is 10.4. The van der Waals surface area contributed by atoms with Crippen molar-refractivity contribution in [3.8, 4) is 5.75 Å². The Bertz CT molecular complexity index is 892. The number of carbonyl (C=O) groups is 4. The smallest absolute Gasteiger partial charge is 0.308 e. The third-order valence-electron chi connectivity index (χ3n) is 6.43. The molecule has 8 nitrogen and oxygen atoms in total. The largest absolute Gasteiger partial charge is 0.494 e. The lowest BCUT2D eigenvalue weighted by Crippen LogP contribution is -2.37. The van der Waals surface area contributed by atoms with E-state index >= 15 is 0 Å². The van der Waals surface area contributed by atoms with Crippen LogP contribution in [0.15, 0.2) is 24.3 Å². The first-order valence-electron chi connectivity index (χ1n) is 10.6. The van der Waals surface area contributed by atoms with E-state index in [1.165, 1.54) is 4.90 Å². The highest BCUT2D eigenvalue weighted by molar-refractivity contribution is 9.12. The Kier molecular flexibility index (Phi) is 6.90. The van der Waals surface area contributed by atoms with Gasteiger partial charge in [-0.05, 0) is 49.4 Å². The van der Waals surface area contributed by atoms with Crippen molar-refractivity contribution in [3.63, 3.8) is 0 Å². The number of likely N-dealkylation sites (tertiary alicyclic amines) is 1. The molecule has 6 atom stereocenters. The van der Waals surface area contributed by atoms with Gasteiger partial charge in [0.05, 0.1) is 24.9 Å². The van der Waals surface area contributed by atoms with Crippen molar-refractivity contribution in [2.24, 2.45) is 23.7 Å². The van der Waals surface area contributed by atoms with Crippen LogP contribution >= 0.6 is 31.9 Å². The van der Waals surface area contributed by atoms with Crippen LogP contribution < -0.4 is 10.1 Å². The molecule has 3 fully saturated rings. The minimum Gasteiger partial charge on any atom is -0.494 e. The number of amides is 3. The van der Waals surface area contributed by atoms with Crippen LogP contribution in [-0.2, 0) is 23.9 Å². The van der Waals surface area contributed by atoms with E-state index in [-0.39, 0.29) is 58.1 Å². The Morgan fingerprint density at radius 1 is 1.06 bits per heavy atom. The summed E-state index contributed by atoms with van der Waals surface area (Å²) in [4.78, 5) is 51.3. The number of carbonyl (C=O) groups excluding carboxylic acids is 4. The number of esters is 1. The van der Waals surface area contributed by atoms with E-state index < -0.39 is 18.5 Å². The first kappa shape index (κ1) is 23.2. The number of imide groups is 1. The van der Waals surface area contributed by atoms with Gasteiger partial charge in [0.25, 0.3) is 5.91 Å². The maximum atomic E-state index is 12.8. The number of hydrogen-bond acceptors (Lipinski definition) is 6. The molecule has 3 aliphatic rings. The van der Waals surface area contributed by atoms with E-state index in [1.807, 2.05) is 6.92 Å². The molecule has 1 aromatic rings. The number of benzene rings is 1. The number of nitrogens with zero attached hydrogens (tertiary/aromatic N) is 1. The molecule has 2 aliphatic carbocycles. The van der Waals surface area contributed by atoms with Crippen molar-refractivity contribution < 1.29 is 28.7 Å². The molecule has 1 N–H and O–H groups in total. The zero-order valence-corrected chi connectivity index (χ0v) is 20.6. The Balaban J connectivity index is 1.23. The summed E-state index contributed by atoms with van der Waals surface area (Å²) in [6.07, 6.45) is 0.718. The summed E-state index contributed by atoms with van der Waals surface area (Å²) in [6, 6.07) is 6.83. The van der Waals surface area contributed by atoms with E-state index in [0.717, 1.165) is 6.42 Å². The maximum Gasteiger partial charge on any atom is 0.308 e. The Morgan fingerprint density at radius 3 is 2.22 bits per heavy atom. The number of anilines is 1. The molecule has 172 valence electrons. The second-order valence-corrected chi connectivity index (χ2v) is 10.4. The van der Waals surface area contributed by atoms with Gasteiger partial charge in [-0.25, -0.2) is 0 Å². The zero-order chi connectivity index (χ0) is 23.0. The summed E-state index contributed by atoms with van der Waals surface area (Å²) in [5.41, 5.74) is 0.555. The topological polar surface area (TPSA) is 102 Å². The summed E-state index contributed by atoms with van der Waals surface area (Å²) in [5, 5.41) is 2.63. The predicted molar refractivity (Wildman–Crippen MR) is 123 cm³/mol. The highest BCUT2D eigenvalue weighted by Gasteiger charge is 2.66. The van der Waals surface area contributed by atoms with Crippen LogP contribution in [-0.4, -0.2) is 58.0 Å². The minimum absolute atomic E-state index is 0.0244. The summed E-state index contributed by atoms with van der Waals surface area (Å²) >= 11 is 7.30. The fourth-order valence-electron chi connectivity index (χ4n) is 5.05. The van der Waals surface area contributed by atoms with Gasteiger partial charge in [0.2, 0.25) is 11.8 Å². The van der Waals surface area contributed by atoms with Crippen LogP contribution in [0.5, 0.6) is 5.75 Å². The number of nitrogens with one attached hydrogen (secondary N) is 1. The van der Waals surface area contributed by atoms with E-state index in [4.69, 9.17) is 9.47 Å². The van der Waals surface area contributed by atoms with Crippen LogP contribution in [0.1, 0.15) is 19.8 Å². The number of alkyl halides is 2. The standard InChI is InChI=1S/C22H24Br2N2O6/c1-2-31-12-5-3-11(4-6-12)25-15(27)10-32-16(28)7-8-26-21(29)17-13-9-14(18(17)22(26)30)20(24)19(13)23/h3-6,13-14,17-20H,2,7-10H2,1H3,(H,25,27)/t13-,14-,17-,18+,19-,20+/m1/s1. The van der Waals surface area contributed by atoms with Gasteiger partial charge in [0, 0.05) is 21.9 Å². The van der Waals surface area contributed by atoms with Gasteiger partial charge >= 0.3 is 5.97 Å². The average molecular weight is 572 g/mol. The van der Waals surface area contributed by atoms with E-state index in [0.29, 0.717) is 18.0 Å². The van der Waals surface area contributed by atoms with Crippen molar-refractivity contribution >= 4 is 61.2 Å². The van der Waals surface area contributed by atoms with Crippen molar-refractivity contribution in [3.05, 3.63) is 24.3 Å². The van der Waals surface area contributed by atoms with E-state index in [9.17, 15) is 19.2 Å². The molecule has 0 spiro atoms. The summed E-state index contributed by atoms with van der Waals surface area (Å²) in [5.74, 6) is -1.16. The second kappa shape index (κ2) is 9.51. The van der Waals surface area contributed by atoms with Crippen LogP contribution in [0.4, 0.5) is 5.69 Å². The van der Waals surface area contributed by atoms with Crippen LogP contribution in [0, 0.1) is 23.7 Å². The Labute approximate surface area is 202 Å². The van der Waals surface area contributed by atoms with Gasteiger partial charge in [-0.1, -0.05) is 31.9 Å². The van der Waals surface area contributed by atoms with Gasteiger partial charge in [0.15, 0.2) is 6.61 Å². The highest BCUT2D eigenvalue weighted by Crippen LogP contribution is 2.60. The lowest BCUT2D eigenvalue weighted by Gasteiger charge is -2.28. The quantitative estimate of drug-likeness (QED) is 0.292. The molecule has 1 saturated heterocycles. The first-order chi connectivity index (χ1) is 15.3. The predicted octanol–water partition coefficient (Wildman–Crippen LogP) is 2.74. The molecular formula is C22H24Br2N2O6. The summed E-state index contributed by atoms with van der Waals surface area (Å²) in [7, 11) is 0. The molecule has 2 saturated carbocycles. The molecule has 3 amide bonds. The number of ether oxygens (including phenoxy) is 2. The molecule has 4 rings (SSSR count). The third kappa shape index (κ3) is 4.31. The molecule has 1 aromatic carbocycles. The van der Waals surface area contributed by atoms with Crippen molar-refractivity contribution in [1.82, 2.24) is 4.90 Å². The lowest BCUT2D eigenvalue weighted by atomic mass is 9.81. The minimum atomic E-state index is -0.635. The summed E-state index contributed by atoms with van der Waals surface area (Å²) in [6.45, 7) is 1.96. The third-order valence-corrected chi connectivity index (χ3v) is 9.64. The van der Waals surface area contributed by atoms with Gasteiger partial charge in [0.1, 0.15) is 5.75 Å². The van der Waals surface area contributed by atoms with Crippen molar-refractivity contribution in [1.29, 1.82) is 0 Å². The molecule has 0 radical (unpaired) electrons. The van der Waals surface area contributed by atoms with Crippen molar-refractivity contribution in [2.75, 3.05) is 25.1 Å². The van der Waals surface area contributed by atoms with Gasteiger partial charge in [-0.2, -0.15) is 0 Å². The number of hydrogen-bond donors (Lipinski definition) is 1. The van der Waals surface area contributed by atoms with Gasteiger partial charge < -0.3 is 14.8 Å². The Morgan fingerprint density at radius 2 is 1.66 bits per heavy atom. The molecule has 10 heteroatoms. The monoisotopic (exact) mass is 570 g/mol. The SMILES string of the molecule is CCOc1ccc(NC(=O)COC(=O)CCN2C(=O)[C@@H]3[C@H]4C[C@@H]([C@H](Br)[C@@H]4Br)[C@@H]3C2=O)cc1. The van der Waals surface area contributed by atoms with E-state index in [2.05, 4.69) is 37.2 Å². The number of fused-ring (bicyclic) bond motifs is 5. The average Bonchev–Trinajstić information content (AvgIpc) is 3.37. The fraction of sp³-hybridized carbons (Fsp3) is 0.545. The normalized spacial score (nSPS) is 30.4. The fourth-order valence-corrected chi connectivity index (χ4v) is 6.92. The second-order valence-electron chi connectivity index (χ2n) is 8.25. The van der Waals surface area contributed by atoms with Crippen LogP contribution in [0.25, 0.3) is 0 Å². The lowest BCUT2D eigenvalue weighted by molar-refractivity contribution is -0.149. The van der Waals surface area contributed by atoms with Crippen molar-refractivity contribution in [2.45, 2.75) is 29.4 Å². The molecule has 1 aliphatic heterocycles. The number of halogens is 2. The van der Waals surface area contributed by atoms with Gasteiger partial charge in [-0.15, -0.1) is 0 Å². The molecule has 0 unspecified atom stereocenters. The molecule has 2 bridgehead atoms. The molecular weight excluding hydrogens is 548 g/mol. The first-order valence-corrected chi connectivity index (χ1v) is 12.5. The Hall–Kier alpha value is -1.94. The van der Waals surface area contributed by atoms with Gasteiger partial charge in [-0.3, -0.25) is 24.1 Å². The molecule has 0 aromatic heterocycles.